The molecule has 1 atom stereocenters. The molecule has 2 aromatic carbocycles. The first-order chi connectivity index (χ1) is 17.7. The van der Waals surface area contributed by atoms with E-state index in [1.165, 1.54) is 20.5 Å². The number of anilines is 1. The quantitative estimate of drug-likeness (QED) is 0.456. The second kappa shape index (κ2) is 13.6. The van der Waals surface area contributed by atoms with Crippen LogP contribution in [0.1, 0.15) is 51.0 Å². The maximum absolute atomic E-state index is 13.8. The molecule has 0 saturated heterocycles. The fraction of sp³-hybridized carbons (Fsp3) is 0.500. The van der Waals surface area contributed by atoms with Crippen LogP contribution in [0.25, 0.3) is 0 Å². The molecule has 2 amide bonds. The number of para-hydroxylation sites is 1. The Labute approximate surface area is 221 Å². The van der Waals surface area contributed by atoms with Crippen molar-refractivity contribution in [1.82, 2.24) is 14.5 Å². The highest BCUT2D eigenvalue weighted by molar-refractivity contribution is 7.90. The number of carbonyl (C=O) groups is 2. The number of benzene rings is 2. The molecule has 0 heterocycles. The van der Waals surface area contributed by atoms with Crippen LogP contribution in [0.3, 0.4) is 0 Å². The van der Waals surface area contributed by atoms with Gasteiger partial charge in [0.25, 0.3) is 0 Å². The van der Waals surface area contributed by atoms with E-state index < -0.39 is 28.7 Å². The summed E-state index contributed by atoms with van der Waals surface area (Å²) in [7, 11) is -1.06. The lowest BCUT2D eigenvalue weighted by molar-refractivity contribution is -0.140. The van der Waals surface area contributed by atoms with Gasteiger partial charge in [0.15, 0.2) is 0 Å². The molecular weight excluding hydrogens is 488 g/mol. The second-order valence-corrected chi connectivity index (χ2v) is 11.8. The summed E-state index contributed by atoms with van der Waals surface area (Å²) >= 11 is 0. The molecule has 0 aliphatic heterocycles. The van der Waals surface area contributed by atoms with Crippen molar-refractivity contribution in [1.29, 1.82) is 0 Å². The average molecular weight is 529 g/mol. The van der Waals surface area contributed by atoms with Crippen molar-refractivity contribution in [2.75, 3.05) is 31.5 Å². The first-order valence-electron chi connectivity index (χ1n) is 13.1. The number of hydrogen-bond acceptors (Lipinski definition) is 4. The largest absolute Gasteiger partial charge is 0.352 e. The number of hydrogen-bond donors (Lipinski definition) is 1. The Balaban J connectivity index is 1.88. The zero-order chi connectivity index (χ0) is 26.8. The zero-order valence-corrected chi connectivity index (χ0v) is 23.0. The summed E-state index contributed by atoms with van der Waals surface area (Å²) in [6, 6.07) is 17.8. The fourth-order valence-corrected chi connectivity index (χ4v) is 5.81. The van der Waals surface area contributed by atoms with Crippen molar-refractivity contribution in [3.8, 4) is 0 Å². The van der Waals surface area contributed by atoms with E-state index in [9.17, 15) is 18.0 Å². The van der Waals surface area contributed by atoms with Gasteiger partial charge in [0.05, 0.1) is 5.69 Å². The number of rotatable bonds is 12. The van der Waals surface area contributed by atoms with Crippen LogP contribution >= 0.6 is 0 Å². The summed E-state index contributed by atoms with van der Waals surface area (Å²) in [4.78, 5) is 28.8. The molecule has 202 valence electrons. The molecule has 1 aliphatic rings. The Kier molecular flexibility index (Phi) is 10.5. The lowest BCUT2D eigenvalue weighted by Crippen LogP contribution is -2.55. The van der Waals surface area contributed by atoms with Crippen LogP contribution in [0.4, 0.5) is 5.69 Å². The Morgan fingerprint density at radius 3 is 2.11 bits per heavy atom. The van der Waals surface area contributed by atoms with Crippen molar-refractivity contribution < 1.29 is 18.0 Å². The van der Waals surface area contributed by atoms with Gasteiger partial charge in [-0.1, -0.05) is 74.7 Å². The molecule has 9 heteroatoms. The van der Waals surface area contributed by atoms with Crippen molar-refractivity contribution in [3.05, 3.63) is 66.2 Å². The van der Waals surface area contributed by atoms with Crippen molar-refractivity contribution in [3.63, 3.8) is 0 Å². The Morgan fingerprint density at radius 2 is 1.54 bits per heavy atom. The van der Waals surface area contributed by atoms with Gasteiger partial charge in [-0.3, -0.25) is 9.59 Å². The Hall–Kier alpha value is -2.91. The molecular formula is C28H40N4O4S. The van der Waals surface area contributed by atoms with E-state index in [4.69, 9.17) is 0 Å². The molecule has 0 aromatic heterocycles. The molecule has 1 fully saturated rings. The highest BCUT2D eigenvalue weighted by Gasteiger charge is 2.34. The van der Waals surface area contributed by atoms with Crippen LogP contribution < -0.4 is 9.62 Å². The highest BCUT2D eigenvalue weighted by Crippen LogP contribution is 2.21. The van der Waals surface area contributed by atoms with Crippen LogP contribution in [0.15, 0.2) is 60.7 Å². The van der Waals surface area contributed by atoms with Gasteiger partial charge in [0.1, 0.15) is 12.6 Å². The summed E-state index contributed by atoms with van der Waals surface area (Å²) < 4.78 is 28.6. The maximum Gasteiger partial charge on any atom is 0.304 e. The zero-order valence-electron chi connectivity index (χ0n) is 22.2. The SMILES string of the molecule is CCC(C(=O)NC1CCCCC1)N(CCc1ccccc1)C(=O)CN(c1ccccc1)S(=O)(=O)N(C)C. The van der Waals surface area contributed by atoms with Gasteiger partial charge >= 0.3 is 10.2 Å². The van der Waals surface area contributed by atoms with Gasteiger partial charge in [-0.2, -0.15) is 12.7 Å². The molecule has 0 radical (unpaired) electrons. The third-order valence-corrected chi connectivity index (χ3v) is 8.70. The van der Waals surface area contributed by atoms with E-state index in [0.717, 1.165) is 39.9 Å². The molecule has 0 bridgehead atoms. The maximum atomic E-state index is 13.8. The standard InChI is InChI=1S/C28H40N4O4S/c1-4-26(28(34)29-24-16-10-6-11-17-24)31(21-20-23-14-8-5-9-15-23)27(33)22-32(37(35,36)30(2)3)25-18-12-7-13-19-25/h5,7-9,12-15,18-19,24,26H,4,6,10-11,16-17,20-22H2,1-3H3,(H,29,34). The number of amides is 2. The third-order valence-electron chi connectivity index (χ3n) is 6.88. The monoisotopic (exact) mass is 528 g/mol. The first kappa shape index (κ1) is 28.7. The summed E-state index contributed by atoms with van der Waals surface area (Å²) in [5, 5.41) is 3.16. The van der Waals surface area contributed by atoms with Gasteiger partial charge in [0.2, 0.25) is 11.8 Å². The van der Waals surface area contributed by atoms with Crippen LogP contribution in [-0.2, 0) is 26.2 Å². The number of nitrogens with zero attached hydrogens (tertiary/aromatic N) is 3. The van der Waals surface area contributed by atoms with E-state index in [0.29, 0.717) is 25.1 Å². The number of nitrogens with one attached hydrogen (secondary N) is 1. The summed E-state index contributed by atoms with van der Waals surface area (Å²) in [5.74, 6) is -0.576. The highest BCUT2D eigenvalue weighted by atomic mass is 32.2. The third kappa shape index (κ3) is 7.79. The molecule has 37 heavy (non-hydrogen) atoms. The van der Waals surface area contributed by atoms with Crippen LogP contribution in [-0.4, -0.2) is 68.7 Å². The predicted octanol–water partition coefficient (Wildman–Crippen LogP) is 3.60. The van der Waals surface area contributed by atoms with Crippen LogP contribution in [0.2, 0.25) is 0 Å². The van der Waals surface area contributed by atoms with E-state index in [-0.39, 0.29) is 11.9 Å². The van der Waals surface area contributed by atoms with Crippen molar-refractivity contribution in [2.45, 2.75) is 64.0 Å². The smallest absolute Gasteiger partial charge is 0.304 e. The van der Waals surface area contributed by atoms with Crippen molar-refractivity contribution >= 4 is 27.7 Å². The van der Waals surface area contributed by atoms with Crippen molar-refractivity contribution in [2.24, 2.45) is 0 Å². The van der Waals surface area contributed by atoms with Gasteiger partial charge in [-0.15, -0.1) is 0 Å². The van der Waals surface area contributed by atoms with E-state index in [2.05, 4.69) is 5.32 Å². The molecule has 1 N–H and O–H groups in total. The lowest BCUT2D eigenvalue weighted by Gasteiger charge is -2.35. The Bertz CT molecular complexity index is 1100. The van der Waals surface area contributed by atoms with Gasteiger partial charge < -0.3 is 10.2 Å². The minimum absolute atomic E-state index is 0.122. The normalized spacial score (nSPS) is 15.2. The molecule has 0 spiro atoms. The molecule has 1 unspecified atom stereocenters. The molecule has 8 nitrogen and oxygen atoms in total. The average Bonchev–Trinajstić information content (AvgIpc) is 2.90. The molecule has 1 saturated carbocycles. The fourth-order valence-electron chi connectivity index (χ4n) is 4.75. The predicted molar refractivity (Wildman–Crippen MR) is 147 cm³/mol. The minimum atomic E-state index is -3.94. The second-order valence-electron chi connectivity index (χ2n) is 9.72. The lowest BCUT2D eigenvalue weighted by atomic mass is 9.95. The summed E-state index contributed by atoms with van der Waals surface area (Å²) in [6.45, 7) is 1.80. The van der Waals surface area contributed by atoms with E-state index in [1.807, 2.05) is 37.3 Å². The van der Waals surface area contributed by atoms with Crippen LogP contribution in [0, 0.1) is 0 Å². The first-order valence-corrected chi connectivity index (χ1v) is 14.5. The van der Waals surface area contributed by atoms with Gasteiger partial charge in [0, 0.05) is 26.7 Å². The number of carbonyl (C=O) groups excluding carboxylic acids is 2. The Morgan fingerprint density at radius 1 is 0.946 bits per heavy atom. The molecule has 3 rings (SSSR count). The van der Waals surface area contributed by atoms with Gasteiger partial charge in [-0.05, 0) is 43.4 Å². The van der Waals surface area contributed by atoms with Crippen LogP contribution in [0.5, 0.6) is 0 Å². The molecule has 2 aromatic rings. The minimum Gasteiger partial charge on any atom is -0.352 e. The summed E-state index contributed by atoms with van der Waals surface area (Å²) in [5.41, 5.74) is 1.44. The van der Waals surface area contributed by atoms with Gasteiger partial charge in [-0.25, -0.2) is 4.31 Å². The topological polar surface area (TPSA) is 90.0 Å². The van der Waals surface area contributed by atoms with E-state index >= 15 is 0 Å². The summed E-state index contributed by atoms with van der Waals surface area (Å²) in [6.07, 6.45) is 6.25. The van der Waals surface area contributed by atoms with E-state index in [1.54, 1.807) is 35.2 Å². The molecule has 1 aliphatic carbocycles.